The first kappa shape index (κ1) is 14.3. The van der Waals surface area contributed by atoms with Crippen LogP contribution < -0.4 is 0 Å². The Morgan fingerprint density at radius 2 is 1.90 bits per heavy atom. The van der Waals surface area contributed by atoms with Crippen LogP contribution in [0.3, 0.4) is 0 Å². The van der Waals surface area contributed by atoms with Gasteiger partial charge in [-0.15, -0.1) is 0 Å². The molecule has 2 bridgehead atoms. The smallest absolute Gasteiger partial charge is 0.0487 e. The summed E-state index contributed by atoms with van der Waals surface area (Å²) in [6, 6.07) is 0. The first-order valence-corrected chi connectivity index (χ1v) is 9.22. The van der Waals surface area contributed by atoms with E-state index in [2.05, 4.69) is 20.4 Å². The van der Waals surface area contributed by atoms with Crippen LogP contribution in [0.25, 0.3) is 0 Å². The second kappa shape index (κ2) is 4.37. The van der Waals surface area contributed by atoms with Gasteiger partial charge in [0.15, 0.2) is 0 Å². The number of hydrogen-bond donors (Lipinski definition) is 1. The maximum Gasteiger partial charge on any atom is 0.0487 e. The Bertz CT molecular complexity index is 468. The molecule has 21 heavy (non-hydrogen) atoms. The van der Waals surface area contributed by atoms with E-state index in [0.717, 1.165) is 17.8 Å². The lowest BCUT2D eigenvalue weighted by atomic mass is 9.41. The van der Waals surface area contributed by atoms with Gasteiger partial charge in [-0.05, 0) is 85.4 Å². The molecule has 4 saturated carbocycles. The highest BCUT2D eigenvalue weighted by atomic mass is 16.3. The third-order valence-electron chi connectivity index (χ3n) is 8.54. The van der Waals surface area contributed by atoms with Gasteiger partial charge in [0.05, 0.1) is 0 Å². The molecule has 0 saturated heterocycles. The third-order valence-corrected chi connectivity index (χ3v) is 8.54. The lowest BCUT2D eigenvalue weighted by molar-refractivity contribution is -0.158. The van der Waals surface area contributed by atoms with E-state index in [1.807, 2.05) is 0 Å². The number of rotatable bonds is 1. The van der Waals surface area contributed by atoms with Crippen LogP contribution in [-0.4, -0.2) is 11.7 Å². The zero-order chi connectivity index (χ0) is 14.9. The van der Waals surface area contributed by atoms with Gasteiger partial charge in [0, 0.05) is 6.61 Å². The molecular weight excluding hydrogens is 256 g/mol. The zero-order valence-electron chi connectivity index (χ0n) is 14.0. The first-order valence-electron chi connectivity index (χ1n) is 9.22. The molecule has 1 nitrogen and oxygen atoms in total. The maximum absolute atomic E-state index is 10.1. The van der Waals surface area contributed by atoms with Crippen molar-refractivity contribution in [2.45, 2.75) is 71.6 Å². The second-order valence-electron chi connectivity index (χ2n) is 9.49. The SMILES string of the molecule is C=C1C[C@]23CC[C@@H]4[C@](C)(CO)CCC[C@@]4(C)[C@@H]2CC[C@@H]1C3. The summed E-state index contributed by atoms with van der Waals surface area (Å²) in [6.45, 7) is 9.77. The highest BCUT2D eigenvalue weighted by Gasteiger charge is 2.63. The van der Waals surface area contributed by atoms with Gasteiger partial charge in [0.1, 0.15) is 0 Å². The standard InChI is InChI=1S/C20H32O/c1-14-11-20-10-7-16-18(2,13-21)8-4-9-19(16,3)17(20)6-5-15(14)12-20/h15-17,21H,1,4-13H2,2-3H3/t15-,16-,17+,18+,19-,20+/m1/s1. The maximum atomic E-state index is 10.1. The molecular formula is C20H32O. The Hall–Kier alpha value is -0.300. The predicted octanol–water partition coefficient (Wildman–Crippen LogP) is 4.95. The molecule has 4 aliphatic rings. The first-order chi connectivity index (χ1) is 9.94. The van der Waals surface area contributed by atoms with Crippen LogP contribution in [0.5, 0.6) is 0 Å². The fraction of sp³-hybridized carbons (Fsp3) is 0.900. The molecule has 0 radical (unpaired) electrons. The molecule has 1 spiro atoms. The minimum absolute atomic E-state index is 0.182. The van der Waals surface area contributed by atoms with E-state index in [0.29, 0.717) is 17.4 Å². The summed E-state index contributed by atoms with van der Waals surface area (Å²) in [7, 11) is 0. The molecule has 1 heteroatoms. The predicted molar refractivity (Wildman–Crippen MR) is 86.9 cm³/mol. The van der Waals surface area contributed by atoms with Gasteiger partial charge >= 0.3 is 0 Å². The summed E-state index contributed by atoms with van der Waals surface area (Å²) < 4.78 is 0. The number of aliphatic hydroxyl groups excluding tert-OH is 1. The summed E-state index contributed by atoms with van der Waals surface area (Å²) >= 11 is 0. The number of aliphatic hydroxyl groups is 1. The van der Waals surface area contributed by atoms with Crippen LogP contribution >= 0.6 is 0 Å². The van der Waals surface area contributed by atoms with Crippen LogP contribution in [-0.2, 0) is 0 Å². The zero-order valence-corrected chi connectivity index (χ0v) is 14.0. The second-order valence-corrected chi connectivity index (χ2v) is 9.49. The van der Waals surface area contributed by atoms with Crippen molar-refractivity contribution in [3.05, 3.63) is 12.2 Å². The fourth-order valence-corrected chi connectivity index (χ4v) is 7.68. The van der Waals surface area contributed by atoms with Crippen molar-refractivity contribution >= 4 is 0 Å². The van der Waals surface area contributed by atoms with Crippen LogP contribution in [0.15, 0.2) is 12.2 Å². The minimum Gasteiger partial charge on any atom is -0.396 e. The Balaban J connectivity index is 1.73. The molecule has 1 N–H and O–H groups in total. The fourth-order valence-electron chi connectivity index (χ4n) is 7.68. The van der Waals surface area contributed by atoms with E-state index in [-0.39, 0.29) is 5.41 Å². The van der Waals surface area contributed by atoms with Crippen LogP contribution in [0.2, 0.25) is 0 Å². The van der Waals surface area contributed by atoms with Crippen LogP contribution in [0, 0.1) is 34.0 Å². The molecule has 6 atom stereocenters. The molecule has 4 rings (SSSR count). The highest BCUT2D eigenvalue weighted by molar-refractivity contribution is 5.22. The van der Waals surface area contributed by atoms with Crippen molar-refractivity contribution in [2.75, 3.05) is 6.61 Å². The van der Waals surface area contributed by atoms with Crippen molar-refractivity contribution in [3.8, 4) is 0 Å². The molecule has 0 aliphatic heterocycles. The van der Waals surface area contributed by atoms with Crippen molar-refractivity contribution in [1.82, 2.24) is 0 Å². The van der Waals surface area contributed by atoms with E-state index in [1.54, 1.807) is 5.57 Å². The molecule has 0 heterocycles. The van der Waals surface area contributed by atoms with Crippen molar-refractivity contribution in [2.24, 2.45) is 34.0 Å². The van der Waals surface area contributed by atoms with E-state index in [4.69, 9.17) is 0 Å². The van der Waals surface area contributed by atoms with E-state index < -0.39 is 0 Å². The Morgan fingerprint density at radius 1 is 1.10 bits per heavy atom. The van der Waals surface area contributed by atoms with E-state index in [9.17, 15) is 5.11 Å². The quantitative estimate of drug-likeness (QED) is 0.677. The van der Waals surface area contributed by atoms with Gasteiger partial charge < -0.3 is 5.11 Å². The topological polar surface area (TPSA) is 20.2 Å². The molecule has 118 valence electrons. The Morgan fingerprint density at radius 3 is 2.67 bits per heavy atom. The van der Waals surface area contributed by atoms with Gasteiger partial charge in [0.25, 0.3) is 0 Å². The lowest BCUT2D eigenvalue weighted by Crippen LogP contribution is -2.57. The van der Waals surface area contributed by atoms with Gasteiger partial charge in [0.2, 0.25) is 0 Å². The molecule has 4 aliphatic carbocycles. The lowest BCUT2D eigenvalue weighted by Gasteiger charge is -2.64. The van der Waals surface area contributed by atoms with Gasteiger partial charge in [-0.25, -0.2) is 0 Å². The van der Waals surface area contributed by atoms with Gasteiger partial charge in [-0.1, -0.05) is 32.4 Å². The largest absolute Gasteiger partial charge is 0.396 e. The molecule has 4 fully saturated rings. The molecule has 0 amide bonds. The van der Waals surface area contributed by atoms with Crippen molar-refractivity contribution in [1.29, 1.82) is 0 Å². The monoisotopic (exact) mass is 288 g/mol. The van der Waals surface area contributed by atoms with Gasteiger partial charge in [-0.3, -0.25) is 0 Å². The Labute approximate surface area is 130 Å². The molecule has 0 aromatic heterocycles. The van der Waals surface area contributed by atoms with Gasteiger partial charge in [-0.2, -0.15) is 0 Å². The third kappa shape index (κ3) is 1.73. The summed E-state index contributed by atoms with van der Waals surface area (Å²) in [4.78, 5) is 0. The van der Waals surface area contributed by atoms with E-state index in [1.165, 1.54) is 57.8 Å². The number of hydrogen-bond acceptors (Lipinski definition) is 1. The van der Waals surface area contributed by atoms with E-state index >= 15 is 0 Å². The van der Waals surface area contributed by atoms with Crippen LogP contribution in [0.1, 0.15) is 71.6 Å². The normalized spacial score (nSPS) is 56.0. The summed E-state index contributed by atoms with van der Waals surface area (Å²) in [6.07, 6.45) is 12.3. The summed E-state index contributed by atoms with van der Waals surface area (Å²) in [5, 5.41) is 10.1. The average Bonchev–Trinajstić information content (AvgIpc) is 2.68. The average molecular weight is 288 g/mol. The summed E-state index contributed by atoms with van der Waals surface area (Å²) in [5.41, 5.74) is 2.82. The molecule has 0 aromatic rings. The molecule has 0 unspecified atom stereocenters. The van der Waals surface area contributed by atoms with Crippen LogP contribution in [0.4, 0.5) is 0 Å². The number of allylic oxidation sites excluding steroid dienone is 1. The summed E-state index contributed by atoms with van der Waals surface area (Å²) in [5.74, 6) is 2.48. The minimum atomic E-state index is 0.182. The van der Waals surface area contributed by atoms with Crippen molar-refractivity contribution < 1.29 is 5.11 Å². The number of fused-ring (bicyclic) bond motifs is 3. The molecule has 0 aromatic carbocycles. The van der Waals surface area contributed by atoms with Crippen molar-refractivity contribution in [3.63, 3.8) is 0 Å². The Kier molecular flexibility index (Phi) is 2.98. The highest BCUT2D eigenvalue weighted by Crippen LogP contribution is 2.72.